The van der Waals surface area contributed by atoms with Gasteiger partial charge in [0.2, 0.25) is 5.91 Å². The highest BCUT2D eigenvalue weighted by molar-refractivity contribution is 5.81. The van der Waals surface area contributed by atoms with Crippen molar-refractivity contribution in [2.75, 3.05) is 38.2 Å². The quantitative estimate of drug-likeness (QED) is 0.716. The molecule has 5 heteroatoms. The van der Waals surface area contributed by atoms with Gasteiger partial charge in [-0.3, -0.25) is 4.79 Å². The van der Waals surface area contributed by atoms with Crippen molar-refractivity contribution >= 4 is 11.6 Å². The molecule has 0 aromatic heterocycles. The highest BCUT2D eigenvalue weighted by atomic mass is 16.5. The van der Waals surface area contributed by atoms with Gasteiger partial charge in [0.25, 0.3) is 0 Å². The molecule has 1 rings (SSSR count). The van der Waals surface area contributed by atoms with Crippen LogP contribution in [0.15, 0.2) is 24.3 Å². The number of hydrogen-bond acceptors (Lipinski definition) is 4. The molecule has 20 heavy (non-hydrogen) atoms. The summed E-state index contributed by atoms with van der Waals surface area (Å²) >= 11 is 0. The van der Waals surface area contributed by atoms with Gasteiger partial charge in [0.1, 0.15) is 5.75 Å². The number of carbonyl (C=O) groups excluding carboxylic acids is 1. The number of anilines is 1. The molecule has 0 spiro atoms. The molecule has 1 amide bonds. The predicted octanol–water partition coefficient (Wildman–Crippen LogP) is 1.38. The van der Waals surface area contributed by atoms with E-state index in [1.54, 1.807) is 7.11 Å². The van der Waals surface area contributed by atoms with Gasteiger partial charge in [-0.2, -0.15) is 0 Å². The van der Waals surface area contributed by atoms with Crippen LogP contribution in [0.2, 0.25) is 0 Å². The van der Waals surface area contributed by atoms with E-state index < -0.39 is 0 Å². The maximum atomic E-state index is 11.9. The first-order valence-corrected chi connectivity index (χ1v) is 7.07. The molecule has 0 unspecified atom stereocenters. The van der Waals surface area contributed by atoms with E-state index in [1.165, 1.54) is 0 Å². The van der Waals surface area contributed by atoms with Crippen molar-refractivity contribution in [1.82, 2.24) is 5.32 Å². The third-order valence-corrected chi connectivity index (χ3v) is 2.98. The molecule has 0 aliphatic heterocycles. The summed E-state index contributed by atoms with van der Waals surface area (Å²) in [6.45, 7) is 4.49. The first-order valence-electron chi connectivity index (χ1n) is 7.07. The van der Waals surface area contributed by atoms with Crippen LogP contribution in [0.3, 0.4) is 0 Å². The van der Waals surface area contributed by atoms with Crippen LogP contribution in [0.4, 0.5) is 5.69 Å². The lowest BCUT2D eigenvalue weighted by Gasteiger charge is -2.24. The normalized spacial score (nSPS) is 10.2. The number of methoxy groups -OCH3 is 1. The number of ether oxygens (including phenoxy) is 1. The lowest BCUT2D eigenvalue weighted by molar-refractivity contribution is -0.119. The second-order valence-corrected chi connectivity index (χ2v) is 4.61. The minimum absolute atomic E-state index is 0.0414. The molecule has 112 valence electrons. The van der Waals surface area contributed by atoms with E-state index in [1.807, 2.05) is 36.1 Å². The van der Waals surface area contributed by atoms with Crippen molar-refractivity contribution in [2.45, 2.75) is 19.8 Å². The van der Waals surface area contributed by atoms with Gasteiger partial charge in [-0.15, -0.1) is 0 Å². The lowest BCUT2D eigenvalue weighted by Crippen LogP contribution is -2.38. The van der Waals surface area contributed by atoms with E-state index in [9.17, 15) is 4.79 Å². The molecule has 0 saturated heterocycles. The van der Waals surface area contributed by atoms with E-state index in [2.05, 4.69) is 5.32 Å². The van der Waals surface area contributed by atoms with Gasteiger partial charge in [-0.1, -0.05) is 6.92 Å². The first-order chi connectivity index (χ1) is 9.71. The molecule has 0 radical (unpaired) electrons. The van der Waals surface area contributed by atoms with Crippen LogP contribution in [-0.4, -0.2) is 39.2 Å². The fourth-order valence-corrected chi connectivity index (χ4v) is 1.87. The Bertz CT molecular complexity index is 393. The van der Waals surface area contributed by atoms with Crippen molar-refractivity contribution in [3.05, 3.63) is 24.3 Å². The molecular weight excluding hydrogens is 254 g/mol. The summed E-state index contributed by atoms with van der Waals surface area (Å²) in [7, 11) is 1.64. The van der Waals surface area contributed by atoms with E-state index >= 15 is 0 Å². The molecule has 0 atom stereocenters. The molecule has 5 nitrogen and oxygen atoms in total. The zero-order chi connectivity index (χ0) is 14.8. The summed E-state index contributed by atoms with van der Waals surface area (Å²) in [5.41, 5.74) is 6.57. The van der Waals surface area contributed by atoms with Crippen molar-refractivity contribution in [3.8, 4) is 5.75 Å². The van der Waals surface area contributed by atoms with Gasteiger partial charge in [0.05, 0.1) is 13.7 Å². The van der Waals surface area contributed by atoms with Gasteiger partial charge >= 0.3 is 0 Å². The fraction of sp³-hybridized carbons (Fsp3) is 0.533. The summed E-state index contributed by atoms with van der Waals surface area (Å²) in [6, 6.07) is 7.72. The largest absolute Gasteiger partial charge is 0.497 e. The van der Waals surface area contributed by atoms with Crippen molar-refractivity contribution in [2.24, 2.45) is 5.73 Å². The minimum Gasteiger partial charge on any atom is -0.497 e. The van der Waals surface area contributed by atoms with Crippen LogP contribution in [0.1, 0.15) is 19.8 Å². The van der Waals surface area contributed by atoms with Gasteiger partial charge in [0, 0.05) is 18.8 Å². The maximum Gasteiger partial charge on any atom is 0.239 e. The SMILES string of the molecule is CCCNC(=O)CN(CCCN)c1ccc(OC)cc1. The zero-order valence-corrected chi connectivity index (χ0v) is 12.4. The van der Waals surface area contributed by atoms with Crippen LogP contribution in [0.25, 0.3) is 0 Å². The molecule has 3 N–H and O–H groups in total. The monoisotopic (exact) mass is 279 g/mol. The molecule has 0 saturated carbocycles. The Morgan fingerprint density at radius 1 is 1.35 bits per heavy atom. The lowest BCUT2D eigenvalue weighted by atomic mass is 10.2. The summed E-state index contributed by atoms with van der Waals surface area (Å²) < 4.78 is 5.15. The van der Waals surface area contributed by atoms with Gasteiger partial charge in [-0.05, 0) is 43.7 Å². The Balaban J connectivity index is 2.68. The molecule has 1 aromatic rings. The fourth-order valence-electron chi connectivity index (χ4n) is 1.87. The summed E-state index contributed by atoms with van der Waals surface area (Å²) in [4.78, 5) is 13.9. The van der Waals surface area contributed by atoms with Crippen LogP contribution in [0, 0.1) is 0 Å². The van der Waals surface area contributed by atoms with Crippen molar-refractivity contribution < 1.29 is 9.53 Å². The highest BCUT2D eigenvalue weighted by Gasteiger charge is 2.11. The van der Waals surface area contributed by atoms with E-state index in [0.717, 1.165) is 30.8 Å². The molecule has 0 aliphatic carbocycles. The number of benzene rings is 1. The van der Waals surface area contributed by atoms with Gasteiger partial charge in [0.15, 0.2) is 0 Å². The second-order valence-electron chi connectivity index (χ2n) is 4.61. The molecular formula is C15H25N3O2. The minimum atomic E-state index is 0.0414. The number of amides is 1. The van der Waals surface area contributed by atoms with Crippen LogP contribution >= 0.6 is 0 Å². The Morgan fingerprint density at radius 3 is 2.60 bits per heavy atom. The van der Waals surface area contributed by atoms with Gasteiger partial charge < -0.3 is 20.7 Å². The predicted molar refractivity (Wildman–Crippen MR) is 82.2 cm³/mol. The van der Waals surface area contributed by atoms with E-state index in [0.29, 0.717) is 19.6 Å². The molecule has 1 aromatic carbocycles. The first kappa shape index (κ1) is 16.3. The van der Waals surface area contributed by atoms with Crippen molar-refractivity contribution in [3.63, 3.8) is 0 Å². The molecule has 0 heterocycles. The highest BCUT2D eigenvalue weighted by Crippen LogP contribution is 2.19. The number of rotatable bonds is 9. The Kier molecular flexibility index (Phi) is 7.50. The standard InChI is InChI=1S/C15H25N3O2/c1-3-10-17-15(19)12-18(11-4-9-16)13-5-7-14(20-2)8-6-13/h5-8H,3-4,9-12,16H2,1-2H3,(H,17,19). The molecule has 0 bridgehead atoms. The average molecular weight is 279 g/mol. The number of nitrogens with two attached hydrogens (primary N) is 1. The van der Waals surface area contributed by atoms with Crippen LogP contribution < -0.4 is 20.7 Å². The Labute approximate surface area is 121 Å². The third kappa shape index (κ3) is 5.48. The Morgan fingerprint density at radius 2 is 2.05 bits per heavy atom. The Hall–Kier alpha value is -1.75. The summed E-state index contributed by atoms with van der Waals surface area (Å²) in [5, 5.41) is 2.89. The topological polar surface area (TPSA) is 67.6 Å². The van der Waals surface area contributed by atoms with Crippen LogP contribution in [0.5, 0.6) is 5.75 Å². The number of nitrogens with zero attached hydrogens (tertiary/aromatic N) is 1. The van der Waals surface area contributed by atoms with Crippen LogP contribution in [-0.2, 0) is 4.79 Å². The second kappa shape index (κ2) is 9.20. The summed E-state index contributed by atoms with van der Waals surface area (Å²) in [5.74, 6) is 0.850. The zero-order valence-electron chi connectivity index (χ0n) is 12.4. The average Bonchev–Trinajstić information content (AvgIpc) is 2.49. The number of nitrogens with one attached hydrogen (secondary N) is 1. The van der Waals surface area contributed by atoms with Crippen molar-refractivity contribution in [1.29, 1.82) is 0 Å². The number of carbonyl (C=O) groups is 1. The van der Waals surface area contributed by atoms with E-state index in [-0.39, 0.29) is 5.91 Å². The molecule has 0 aliphatic rings. The van der Waals surface area contributed by atoms with E-state index in [4.69, 9.17) is 10.5 Å². The van der Waals surface area contributed by atoms with Gasteiger partial charge in [-0.25, -0.2) is 0 Å². The molecule has 0 fully saturated rings. The third-order valence-electron chi connectivity index (χ3n) is 2.98. The smallest absolute Gasteiger partial charge is 0.239 e. The summed E-state index contributed by atoms with van der Waals surface area (Å²) in [6.07, 6.45) is 1.80. The number of hydrogen-bond donors (Lipinski definition) is 2. The maximum absolute atomic E-state index is 11.9.